The van der Waals surface area contributed by atoms with Crippen molar-refractivity contribution in [1.82, 2.24) is 0 Å². The topological polar surface area (TPSA) is 61.3 Å². The molecular formula is C8H8ClF3N2O. The van der Waals surface area contributed by atoms with Crippen molar-refractivity contribution >= 4 is 17.3 Å². The van der Waals surface area contributed by atoms with Gasteiger partial charge in [0.25, 0.3) is 0 Å². The number of halogens is 4. The summed E-state index contributed by atoms with van der Waals surface area (Å²) in [5, 5.41) is 0.0525. The third kappa shape index (κ3) is 3.17. The first-order valence-electron chi connectivity index (χ1n) is 3.87. The standard InChI is InChI=1S/C8H8ClF3N2O/c9-6-1-4(14)2-7(5(6)3-13)15-8(10,11)12/h1-2H,3,13-14H2. The SMILES string of the molecule is NCc1c(Cl)cc(N)cc1OC(F)(F)F. The van der Waals surface area contributed by atoms with Gasteiger partial charge < -0.3 is 16.2 Å². The fourth-order valence-electron chi connectivity index (χ4n) is 1.05. The van der Waals surface area contributed by atoms with E-state index in [4.69, 9.17) is 23.1 Å². The number of hydrogen-bond donors (Lipinski definition) is 2. The molecule has 84 valence electrons. The zero-order valence-corrected chi connectivity index (χ0v) is 8.19. The number of hydrogen-bond acceptors (Lipinski definition) is 3. The highest BCUT2D eigenvalue weighted by atomic mass is 35.5. The second kappa shape index (κ2) is 4.16. The van der Waals surface area contributed by atoms with Crippen molar-refractivity contribution in [3.63, 3.8) is 0 Å². The Morgan fingerprint density at radius 1 is 1.33 bits per heavy atom. The lowest BCUT2D eigenvalue weighted by atomic mass is 10.2. The Morgan fingerprint density at radius 3 is 2.40 bits per heavy atom. The van der Waals surface area contributed by atoms with Gasteiger partial charge in [0.05, 0.1) is 5.02 Å². The maximum Gasteiger partial charge on any atom is 0.573 e. The van der Waals surface area contributed by atoms with Crippen molar-refractivity contribution < 1.29 is 17.9 Å². The van der Waals surface area contributed by atoms with E-state index in [-0.39, 0.29) is 22.8 Å². The molecule has 0 unspecified atom stereocenters. The minimum Gasteiger partial charge on any atom is -0.405 e. The summed E-state index contributed by atoms with van der Waals surface area (Å²) in [6.45, 7) is -0.162. The summed E-state index contributed by atoms with van der Waals surface area (Å²) >= 11 is 5.66. The molecule has 0 saturated carbocycles. The van der Waals surface area contributed by atoms with Crippen LogP contribution in [0.4, 0.5) is 18.9 Å². The molecule has 0 saturated heterocycles. The average Bonchev–Trinajstić information content (AvgIpc) is 1.99. The van der Waals surface area contributed by atoms with E-state index in [2.05, 4.69) is 4.74 Å². The van der Waals surface area contributed by atoms with Crippen molar-refractivity contribution in [3.8, 4) is 5.75 Å². The van der Waals surface area contributed by atoms with E-state index >= 15 is 0 Å². The number of ether oxygens (including phenoxy) is 1. The molecule has 1 aromatic carbocycles. The number of anilines is 1. The second-order valence-electron chi connectivity index (χ2n) is 2.73. The van der Waals surface area contributed by atoms with Crippen LogP contribution in [-0.2, 0) is 6.54 Å². The number of nitrogen functional groups attached to an aromatic ring is 1. The molecule has 0 atom stereocenters. The molecule has 0 heterocycles. The van der Waals surface area contributed by atoms with E-state index in [0.717, 1.165) is 6.07 Å². The lowest BCUT2D eigenvalue weighted by Gasteiger charge is -2.14. The normalized spacial score (nSPS) is 11.5. The highest BCUT2D eigenvalue weighted by Gasteiger charge is 2.32. The highest BCUT2D eigenvalue weighted by Crippen LogP contribution is 2.33. The van der Waals surface area contributed by atoms with Gasteiger partial charge in [0.15, 0.2) is 0 Å². The summed E-state index contributed by atoms with van der Waals surface area (Å²) in [6, 6.07) is 2.34. The van der Waals surface area contributed by atoms with Crippen LogP contribution in [0.3, 0.4) is 0 Å². The van der Waals surface area contributed by atoms with Crippen molar-refractivity contribution in [2.45, 2.75) is 12.9 Å². The first kappa shape index (κ1) is 11.9. The molecule has 0 bridgehead atoms. The van der Waals surface area contributed by atoms with Crippen LogP contribution >= 0.6 is 11.6 Å². The Bertz CT molecular complexity index is 368. The van der Waals surface area contributed by atoms with Gasteiger partial charge in [-0.25, -0.2) is 0 Å². The first-order chi connectivity index (χ1) is 6.83. The van der Waals surface area contributed by atoms with Crippen molar-refractivity contribution in [2.24, 2.45) is 5.73 Å². The average molecular weight is 241 g/mol. The van der Waals surface area contributed by atoms with Gasteiger partial charge >= 0.3 is 6.36 Å². The Morgan fingerprint density at radius 2 is 1.93 bits per heavy atom. The van der Waals surface area contributed by atoms with Crippen molar-refractivity contribution in [2.75, 3.05) is 5.73 Å². The summed E-state index contributed by atoms with van der Waals surface area (Å²) in [7, 11) is 0. The number of nitrogens with two attached hydrogens (primary N) is 2. The van der Waals surface area contributed by atoms with Gasteiger partial charge in [0.1, 0.15) is 5.75 Å². The number of benzene rings is 1. The Labute approximate surface area is 88.8 Å². The van der Waals surface area contributed by atoms with Crippen LogP contribution in [0.2, 0.25) is 5.02 Å². The van der Waals surface area contributed by atoms with Crippen LogP contribution in [0.25, 0.3) is 0 Å². The van der Waals surface area contributed by atoms with E-state index in [1.54, 1.807) is 0 Å². The molecule has 0 fully saturated rings. The van der Waals surface area contributed by atoms with Crippen LogP contribution in [0.1, 0.15) is 5.56 Å². The van der Waals surface area contributed by atoms with E-state index in [1.165, 1.54) is 6.07 Å². The van der Waals surface area contributed by atoms with E-state index in [9.17, 15) is 13.2 Å². The second-order valence-corrected chi connectivity index (χ2v) is 3.14. The fourth-order valence-corrected chi connectivity index (χ4v) is 1.34. The summed E-state index contributed by atoms with van der Waals surface area (Å²) in [4.78, 5) is 0. The van der Waals surface area contributed by atoms with E-state index in [0.29, 0.717) is 0 Å². The predicted octanol–water partition coefficient (Wildman–Crippen LogP) is 2.28. The Kier molecular flexibility index (Phi) is 3.31. The van der Waals surface area contributed by atoms with Gasteiger partial charge in [-0.05, 0) is 6.07 Å². The van der Waals surface area contributed by atoms with Crippen LogP contribution in [0, 0.1) is 0 Å². The molecule has 0 aliphatic carbocycles. The van der Waals surface area contributed by atoms with Crippen molar-refractivity contribution in [1.29, 1.82) is 0 Å². The van der Waals surface area contributed by atoms with Crippen LogP contribution < -0.4 is 16.2 Å². The molecule has 4 N–H and O–H groups in total. The first-order valence-corrected chi connectivity index (χ1v) is 4.25. The van der Waals surface area contributed by atoms with Gasteiger partial charge in [-0.1, -0.05) is 11.6 Å². The smallest absolute Gasteiger partial charge is 0.405 e. The molecule has 0 aliphatic rings. The zero-order valence-electron chi connectivity index (χ0n) is 7.44. The maximum absolute atomic E-state index is 12.0. The maximum atomic E-state index is 12.0. The number of rotatable bonds is 2. The lowest BCUT2D eigenvalue weighted by Crippen LogP contribution is -2.19. The molecule has 7 heteroatoms. The van der Waals surface area contributed by atoms with Gasteiger partial charge in [-0.2, -0.15) is 0 Å². The fraction of sp³-hybridized carbons (Fsp3) is 0.250. The summed E-state index contributed by atoms with van der Waals surface area (Å²) < 4.78 is 39.7. The van der Waals surface area contributed by atoms with Gasteiger partial charge in [0, 0.05) is 23.9 Å². The van der Waals surface area contributed by atoms with E-state index < -0.39 is 12.1 Å². The molecule has 1 aromatic rings. The summed E-state index contributed by atoms with van der Waals surface area (Å²) in [5.74, 6) is -0.463. The third-order valence-electron chi connectivity index (χ3n) is 1.61. The quantitative estimate of drug-likeness (QED) is 0.780. The predicted molar refractivity (Wildman–Crippen MR) is 50.4 cm³/mol. The van der Waals surface area contributed by atoms with Crippen LogP contribution in [0.5, 0.6) is 5.75 Å². The van der Waals surface area contributed by atoms with E-state index in [1.807, 2.05) is 0 Å². The van der Waals surface area contributed by atoms with Crippen LogP contribution in [-0.4, -0.2) is 6.36 Å². The minimum absolute atomic E-state index is 0.0525. The van der Waals surface area contributed by atoms with Crippen molar-refractivity contribution in [3.05, 3.63) is 22.7 Å². The molecule has 0 aliphatic heterocycles. The molecule has 15 heavy (non-hydrogen) atoms. The lowest BCUT2D eigenvalue weighted by molar-refractivity contribution is -0.274. The Balaban J connectivity index is 3.15. The minimum atomic E-state index is -4.79. The zero-order chi connectivity index (χ0) is 11.6. The number of alkyl halides is 3. The summed E-state index contributed by atoms with van der Waals surface area (Å²) in [5.41, 5.74) is 10.7. The highest BCUT2D eigenvalue weighted by molar-refractivity contribution is 6.31. The van der Waals surface area contributed by atoms with Gasteiger partial charge in [0.2, 0.25) is 0 Å². The third-order valence-corrected chi connectivity index (χ3v) is 1.94. The molecule has 0 radical (unpaired) electrons. The molecular weight excluding hydrogens is 233 g/mol. The monoisotopic (exact) mass is 240 g/mol. The Hall–Kier alpha value is -1.14. The molecule has 0 aromatic heterocycles. The summed E-state index contributed by atoms with van der Waals surface area (Å²) in [6.07, 6.45) is -4.79. The molecule has 3 nitrogen and oxygen atoms in total. The van der Waals surface area contributed by atoms with Gasteiger partial charge in [-0.15, -0.1) is 13.2 Å². The van der Waals surface area contributed by atoms with Crippen LogP contribution in [0.15, 0.2) is 12.1 Å². The largest absolute Gasteiger partial charge is 0.573 e. The van der Waals surface area contributed by atoms with Gasteiger partial charge in [-0.3, -0.25) is 0 Å². The molecule has 0 amide bonds. The molecule has 1 rings (SSSR count). The molecule has 0 spiro atoms.